The minimum atomic E-state index is -0.374. The number of nitrogens with zero attached hydrogens (tertiary/aromatic N) is 2. The summed E-state index contributed by atoms with van der Waals surface area (Å²) in [4.78, 5) is 31.5. The van der Waals surface area contributed by atoms with Crippen LogP contribution >= 0.6 is 0 Å². The van der Waals surface area contributed by atoms with Crippen LogP contribution in [0.2, 0.25) is 0 Å². The van der Waals surface area contributed by atoms with E-state index in [0.717, 1.165) is 0 Å². The molecule has 3 heterocycles. The largest absolute Gasteiger partial charge is 0.467 e. The van der Waals surface area contributed by atoms with Gasteiger partial charge in [-0.1, -0.05) is 6.07 Å². The molecule has 1 aliphatic rings. The maximum Gasteiger partial charge on any atom is 0.257 e. The molecule has 8 heteroatoms. The maximum absolute atomic E-state index is 13.5. The standard InChI is InChI=1S/C23H23FN4O3/c24-17-4-1-5-18(14-17)27-21-20(7-2-10-25-21)23(30)28-11-8-16(9-12-28)22(29)26-15-19-6-3-13-31-19/h1-7,10,13-14,16H,8-9,11-12,15H2,(H,25,27)(H,26,29). The summed E-state index contributed by atoms with van der Waals surface area (Å²) in [5.41, 5.74) is 0.923. The van der Waals surface area contributed by atoms with E-state index in [2.05, 4.69) is 15.6 Å². The highest BCUT2D eigenvalue weighted by atomic mass is 19.1. The summed E-state index contributed by atoms with van der Waals surface area (Å²) in [6.45, 7) is 1.31. The number of amides is 2. The Hall–Kier alpha value is -3.68. The Morgan fingerprint density at radius 1 is 1.13 bits per heavy atom. The minimum absolute atomic E-state index is 0.0293. The number of nitrogens with one attached hydrogen (secondary N) is 2. The van der Waals surface area contributed by atoms with Crippen LogP contribution in [0.4, 0.5) is 15.9 Å². The van der Waals surface area contributed by atoms with Crippen molar-refractivity contribution in [3.8, 4) is 0 Å². The van der Waals surface area contributed by atoms with Crippen LogP contribution in [-0.4, -0.2) is 34.8 Å². The first-order valence-corrected chi connectivity index (χ1v) is 10.2. The van der Waals surface area contributed by atoms with E-state index >= 15 is 0 Å². The number of piperidine rings is 1. The van der Waals surface area contributed by atoms with Gasteiger partial charge in [0.25, 0.3) is 5.91 Å². The Kier molecular flexibility index (Phi) is 6.26. The molecule has 1 fully saturated rings. The Morgan fingerprint density at radius 3 is 2.71 bits per heavy atom. The normalized spacial score (nSPS) is 14.3. The van der Waals surface area contributed by atoms with Crippen molar-refractivity contribution in [2.45, 2.75) is 19.4 Å². The smallest absolute Gasteiger partial charge is 0.257 e. The molecule has 160 valence electrons. The lowest BCUT2D eigenvalue weighted by Gasteiger charge is -2.31. The van der Waals surface area contributed by atoms with Gasteiger partial charge >= 0.3 is 0 Å². The SMILES string of the molecule is O=C(NCc1ccco1)C1CCN(C(=O)c2cccnc2Nc2cccc(F)c2)CC1. The van der Waals surface area contributed by atoms with Gasteiger partial charge in [-0.2, -0.15) is 0 Å². The topological polar surface area (TPSA) is 87.5 Å². The highest BCUT2D eigenvalue weighted by Crippen LogP contribution is 2.24. The van der Waals surface area contributed by atoms with Crippen molar-refractivity contribution in [2.24, 2.45) is 5.92 Å². The Morgan fingerprint density at radius 2 is 1.97 bits per heavy atom. The fourth-order valence-electron chi connectivity index (χ4n) is 3.63. The van der Waals surface area contributed by atoms with E-state index in [1.165, 1.54) is 12.1 Å². The second-order valence-corrected chi connectivity index (χ2v) is 7.40. The number of pyridine rings is 1. The monoisotopic (exact) mass is 422 g/mol. The van der Waals surface area contributed by atoms with Gasteiger partial charge in [0.05, 0.1) is 18.4 Å². The molecule has 0 aliphatic carbocycles. The molecule has 0 spiro atoms. The number of hydrogen-bond acceptors (Lipinski definition) is 5. The highest BCUT2D eigenvalue weighted by Gasteiger charge is 2.29. The van der Waals surface area contributed by atoms with E-state index in [0.29, 0.717) is 55.3 Å². The van der Waals surface area contributed by atoms with Crippen LogP contribution in [-0.2, 0) is 11.3 Å². The first kappa shape index (κ1) is 20.6. The van der Waals surface area contributed by atoms with Crippen LogP contribution in [0.1, 0.15) is 29.0 Å². The molecule has 2 amide bonds. The first-order valence-electron chi connectivity index (χ1n) is 10.2. The Bertz CT molecular complexity index is 1050. The molecule has 0 atom stereocenters. The number of hydrogen-bond donors (Lipinski definition) is 2. The van der Waals surface area contributed by atoms with Gasteiger partial charge in [-0.15, -0.1) is 0 Å². The van der Waals surface area contributed by atoms with Crippen LogP contribution in [0.5, 0.6) is 0 Å². The van der Waals surface area contributed by atoms with Crippen molar-refractivity contribution >= 4 is 23.3 Å². The fourth-order valence-corrected chi connectivity index (χ4v) is 3.63. The lowest BCUT2D eigenvalue weighted by molar-refractivity contribution is -0.126. The van der Waals surface area contributed by atoms with Crippen LogP contribution in [0.15, 0.2) is 65.4 Å². The quantitative estimate of drug-likeness (QED) is 0.632. The van der Waals surface area contributed by atoms with Crippen molar-refractivity contribution in [3.05, 3.63) is 78.1 Å². The van der Waals surface area contributed by atoms with E-state index in [1.54, 1.807) is 47.7 Å². The molecule has 1 aliphatic heterocycles. The summed E-state index contributed by atoms with van der Waals surface area (Å²) in [7, 11) is 0. The molecule has 2 aromatic heterocycles. The fraction of sp³-hybridized carbons (Fsp3) is 0.261. The lowest BCUT2D eigenvalue weighted by Crippen LogP contribution is -2.43. The third-order valence-corrected chi connectivity index (χ3v) is 5.30. The van der Waals surface area contributed by atoms with Crippen molar-refractivity contribution < 1.29 is 18.4 Å². The van der Waals surface area contributed by atoms with E-state index in [-0.39, 0.29) is 23.5 Å². The molecule has 3 aromatic rings. The number of likely N-dealkylation sites (tertiary alicyclic amines) is 1. The number of halogens is 1. The van der Waals surface area contributed by atoms with E-state index in [9.17, 15) is 14.0 Å². The summed E-state index contributed by atoms with van der Waals surface area (Å²) in [5.74, 6) is 0.367. The predicted molar refractivity (Wildman–Crippen MR) is 113 cm³/mol. The molecule has 0 saturated carbocycles. The zero-order valence-electron chi connectivity index (χ0n) is 16.9. The summed E-state index contributed by atoms with van der Waals surface area (Å²) in [5, 5.41) is 5.90. The number of anilines is 2. The molecule has 0 bridgehead atoms. The van der Waals surface area contributed by atoms with Gasteiger partial charge in [0, 0.05) is 30.9 Å². The van der Waals surface area contributed by atoms with E-state index < -0.39 is 0 Å². The summed E-state index contributed by atoms with van der Waals surface area (Å²) < 4.78 is 18.7. The minimum Gasteiger partial charge on any atom is -0.467 e. The predicted octanol–water partition coefficient (Wildman–Crippen LogP) is 3.73. The van der Waals surface area contributed by atoms with Crippen LogP contribution in [0.3, 0.4) is 0 Å². The summed E-state index contributed by atoms with van der Waals surface area (Å²) >= 11 is 0. The van der Waals surface area contributed by atoms with E-state index in [1.807, 2.05) is 6.07 Å². The van der Waals surface area contributed by atoms with Crippen molar-refractivity contribution in [1.82, 2.24) is 15.2 Å². The zero-order chi connectivity index (χ0) is 21.6. The number of rotatable bonds is 6. The first-order chi connectivity index (χ1) is 15.1. The second kappa shape index (κ2) is 9.42. The molecule has 0 unspecified atom stereocenters. The average molecular weight is 422 g/mol. The van der Waals surface area contributed by atoms with Crippen LogP contribution in [0, 0.1) is 11.7 Å². The zero-order valence-corrected chi connectivity index (χ0v) is 16.9. The summed E-state index contributed by atoms with van der Waals surface area (Å²) in [6.07, 6.45) is 4.32. The molecule has 7 nitrogen and oxygen atoms in total. The molecule has 31 heavy (non-hydrogen) atoms. The van der Waals surface area contributed by atoms with Gasteiger partial charge in [0.15, 0.2) is 0 Å². The number of carbonyl (C=O) groups is 2. The molecule has 1 aromatic carbocycles. The van der Waals surface area contributed by atoms with Gasteiger partial charge < -0.3 is 20.0 Å². The highest BCUT2D eigenvalue weighted by molar-refractivity contribution is 5.99. The summed E-state index contributed by atoms with van der Waals surface area (Å²) in [6, 6.07) is 13.0. The van der Waals surface area contributed by atoms with Gasteiger partial charge in [0.1, 0.15) is 17.4 Å². The third kappa shape index (κ3) is 5.09. The Labute approximate surface area is 179 Å². The van der Waals surface area contributed by atoms with Gasteiger partial charge in [-0.3, -0.25) is 9.59 Å². The van der Waals surface area contributed by atoms with Gasteiger partial charge in [-0.25, -0.2) is 9.37 Å². The molecular formula is C23H23FN4O3. The lowest BCUT2D eigenvalue weighted by atomic mass is 9.95. The molecular weight excluding hydrogens is 399 g/mol. The number of carbonyl (C=O) groups excluding carboxylic acids is 2. The maximum atomic E-state index is 13.5. The molecule has 4 rings (SSSR count). The average Bonchev–Trinajstić information content (AvgIpc) is 3.31. The number of furan rings is 1. The molecule has 2 N–H and O–H groups in total. The third-order valence-electron chi connectivity index (χ3n) is 5.30. The number of aromatic nitrogens is 1. The molecule has 0 radical (unpaired) electrons. The second-order valence-electron chi connectivity index (χ2n) is 7.40. The Balaban J connectivity index is 1.36. The van der Waals surface area contributed by atoms with Crippen LogP contribution < -0.4 is 10.6 Å². The van der Waals surface area contributed by atoms with Gasteiger partial charge in [-0.05, 0) is 55.3 Å². The van der Waals surface area contributed by atoms with Crippen LogP contribution in [0.25, 0.3) is 0 Å². The van der Waals surface area contributed by atoms with Crippen molar-refractivity contribution in [3.63, 3.8) is 0 Å². The van der Waals surface area contributed by atoms with Crippen molar-refractivity contribution in [1.29, 1.82) is 0 Å². The number of benzene rings is 1. The van der Waals surface area contributed by atoms with Gasteiger partial charge in [0.2, 0.25) is 5.91 Å². The molecule has 1 saturated heterocycles. The van der Waals surface area contributed by atoms with E-state index in [4.69, 9.17) is 4.42 Å². The van der Waals surface area contributed by atoms with Crippen molar-refractivity contribution in [2.75, 3.05) is 18.4 Å².